The van der Waals surface area contributed by atoms with Gasteiger partial charge in [-0.25, -0.2) is 12.8 Å². The smallest absolute Gasteiger partial charge is 0.244 e. The van der Waals surface area contributed by atoms with Crippen molar-refractivity contribution in [2.75, 3.05) is 23.9 Å². The van der Waals surface area contributed by atoms with Gasteiger partial charge >= 0.3 is 0 Å². The van der Waals surface area contributed by atoms with Crippen molar-refractivity contribution < 1.29 is 31.9 Å². The van der Waals surface area contributed by atoms with Crippen molar-refractivity contribution in [3.8, 4) is 11.5 Å². The number of hydrogen-bond acceptors (Lipinski definition) is 6. The molecular weight excluding hydrogens is 549 g/mol. The van der Waals surface area contributed by atoms with Gasteiger partial charge < -0.3 is 19.7 Å². The average Bonchev–Trinajstić information content (AvgIpc) is 3.37. The fraction of sp³-hybridized carbons (Fsp3) is 0.333. The van der Waals surface area contributed by atoms with Gasteiger partial charge in [0.25, 0.3) is 0 Å². The highest BCUT2D eigenvalue weighted by atomic mass is 32.2. The number of nitrogens with zero attached hydrogens (tertiary/aromatic N) is 2. The summed E-state index contributed by atoms with van der Waals surface area (Å²) >= 11 is 0. The Morgan fingerprint density at radius 1 is 0.951 bits per heavy atom. The van der Waals surface area contributed by atoms with Crippen molar-refractivity contribution in [1.82, 2.24) is 10.2 Å². The van der Waals surface area contributed by atoms with E-state index in [9.17, 15) is 22.4 Å². The summed E-state index contributed by atoms with van der Waals surface area (Å²) in [4.78, 5) is 29.2. The van der Waals surface area contributed by atoms with Crippen LogP contribution in [0.15, 0.2) is 72.8 Å². The van der Waals surface area contributed by atoms with Crippen LogP contribution in [-0.4, -0.2) is 56.3 Å². The molecule has 3 aromatic rings. The summed E-state index contributed by atoms with van der Waals surface area (Å²) in [5.74, 6) is -0.622. The van der Waals surface area contributed by atoms with Crippen LogP contribution in [0, 0.1) is 5.82 Å². The van der Waals surface area contributed by atoms with Gasteiger partial charge in [0, 0.05) is 24.6 Å². The summed E-state index contributed by atoms with van der Waals surface area (Å²) in [5, 5.41) is 2.96. The zero-order chi connectivity index (χ0) is 29.8. The largest absolute Gasteiger partial charge is 0.454 e. The zero-order valence-corrected chi connectivity index (χ0v) is 24.3. The van der Waals surface area contributed by atoms with E-state index in [4.69, 9.17) is 9.47 Å². The Kier molecular flexibility index (Phi) is 8.86. The highest BCUT2D eigenvalue weighted by molar-refractivity contribution is 7.92. The van der Waals surface area contributed by atoms with Crippen LogP contribution in [0.4, 0.5) is 10.1 Å². The number of anilines is 1. The van der Waals surface area contributed by atoms with E-state index in [0.29, 0.717) is 17.1 Å². The first-order valence-corrected chi connectivity index (χ1v) is 14.9. The van der Waals surface area contributed by atoms with E-state index in [0.717, 1.165) is 16.1 Å². The second-order valence-electron chi connectivity index (χ2n) is 10.9. The molecule has 9 nitrogen and oxygen atoms in total. The molecule has 41 heavy (non-hydrogen) atoms. The molecule has 1 aliphatic heterocycles. The fourth-order valence-corrected chi connectivity index (χ4v) is 5.29. The van der Waals surface area contributed by atoms with Gasteiger partial charge in [0.1, 0.15) is 18.4 Å². The van der Waals surface area contributed by atoms with Crippen LogP contribution in [-0.2, 0) is 32.6 Å². The Labute approximate surface area is 239 Å². The predicted molar refractivity (Wildman–Crippen MR) is 154 cm³/mol. The maximum Gasteiger partial charge on any atom is 0.244 e. The van der Waals surface area contributed by atoms with Crippen LogP contribution in [0.5, 0.6) is 11.5 Å². The number of hydrogen-bond donors (Lipinski definition) is 1. The molecule has 0 saturated carbocycles. The van der Waals surface area contributed by atoms with E-state index in [1.807, 2.05) is 51.1 Å². The Balaban J connectivity index is 1.74. The standard InChI is InChI=1S/C30H34FN3O6S/c1-30(2,3)32-29(36)25(16-21-8-6-5-7-9-21)33(18-22-10-12-23(31)13-11-22)28(35)19-34(41(4,37)38)24-14-15-26-27(17-24)40-20-39-26/h5-15,17,25H,16,18-20H2,1-4H3,(H,32,36)/t25-/m1/s1. The Hall–Kier alpha value is -4.12. The van der Waals surface area contributed by atoms with Crippen molar-refractivity contribution in [2.24, 2.45) is 0 Å². The molecule has 0 aromatic heterocycles. The predicted octanol–water partition coefficient (Wildman–Crippen LogP) is 3.88. The minimum Gasteiger partial charge on any atom is -0.454 e. The topological polar surface area (TPSA) is 105 Å². The Morgan fingerprint density at radius 3 is 2.24 bits per heavy atom. The molecule has 0 fully saturated rings. The van der Waals surface area contributed by atoms with E-state index in [1.54, 1.807) is 6.07 Å². The Morgan fingerprint density at radius 2 is 1.61 bits per heavy atom. The minimum atomic E-state index is -3.94. The van der Waals surface area contributed by atoms with Crippen LogP contribution in [0.1, 0.15) is 31.9 Å². The maximum atomic E-state index is 14.1. The van der Waals surface area contributed by atoms with Crippen molar-refractivity contribution in [3.05, 3.63) is 89.7 Å². The van der Waals surface area contributed by atoms with Crippen LogP contribution >= 0.6 is 0 Å². The molecule has 0 aliphatic carbocycles. The number of halogens is 1. The molecule has 1 N–H and O–H groups in total. The van der Waals surface area contributed by atoms with E-state index in [2.05, 4.69) is 5.32 Å². The molecule has 0 spiro atoms. The summed E-state index contributed by atoms with van der Waals surface area (Å²) in [7, 11) is -3.94. The molecule has 218 valence electrons. The van der Waals surface area contributed by atoms with E-state index >= 15 is 0 Å². The van der Waals surface area contributed by atoms with Crippen molar-refractivity contribution in [2.45, 2.75) is 45.3 Å². The normalized spacial score (nSPS) is 13.4. The number of ether oxygens (including phenoxy) is 2. The third kappa shape index (κ3) is 7.97. The van der Waals surface area contributed by atoms with Gasteiger partial charge in [0.2, 0.25) is 28.6 Å². The van der Waals surface area contributed by atoms with Gasteiger partial charge in [-0.3, -0.25) is 13.9 Å². The number of benzene rings is 3. The first kappa shape index (κ1) is 29.9. The zero-order valence-electron chi connectivity index (χ0n) is 23.5. The molecule has 1 aliphatic rings. The second kappa shape index (κ2) is 12.2. The van der Waals surface area contributed by atoms with Crippen LogP contribution in [0.2, 0.25) is 0 Å². The lowest BCUT2D eigenvalue weighted by atomic mass is 10.0. The molecule has 4 rings (SSSR count). The average molecular weight is 584 g/mol. The summed E-state index contributed by atoms with van der Waals surface area (Å²) in [5.41, 5.74) is 1.01. The van der Waals surface area contributed by atoms with Gasteiger partial charge in [-0.05, 0) is 56.2 Å². The first-order valence-electron chi connectivity index (χ1n) is 13.1. The lowest BCUT2D eigenvalue weighted by Crippen LogP contribution is -2.56. The van der Waals surface area contributed by atoms with Crippen LogP contribution < -0.4 is 19.1 Å². The molecule has 2 amide bonds. The molecule has 1 atom stereocenters. The summed E-state index contributed by atoms with van der Waals surface area (Å²) in [6.45, 7) is 4.89. The number of amides is 2. The third-order valence-corrected chi connectivity index (χ3v) is 7.50. The number of carbonyl (C=O) groups excluding carboxylic acids is 2. The number of nitrogens with one attached hydrogen (secondary N) is 1. The molecule has 0 bridgehead atoms. The molecule has 0 unspecified atom stereocenters. The molecule has 11 heteroatoms. The summed E-state index contributed by atoms with van der Waals surface area (Å²) in [6.07, 6.45) is 1.18. The van der Waals surface area contributed by atoms with Crippen molar-refractivity contribution in [3.63, 3.8) is 0 Å². The highest BCUT2D eigenvalue weighted by Crippen LogP contribution is 2.36. The first-order chi connectivity index (χ1) is 19.3. The molecular formula is C30H34FN3O6S. The summed E-state index contributed by atoms with van der Waals surface area (Å²) in [6, 6.07) is 18.4. The van der Waals surface area contributed by atoms with Gasteiger partial charge in [0.05, 0.1) is 11.9 Å². The SMILES string of the molecule is CC(C)(C)NC(=O)[C@@H](Cc1ccccc1)N(Cc1ccc(F)cc1)C(=O)CN(c1ccc2c(c1)OCO2)S(C)(=O)=O. The Bertz CT molecular complexity index is 1490. The van der Waals surface area contributed by atoms with Gasteiger partial charge in [-0.2, -0.15) is 0 Å². The van der Waals surface area contributed by atoms with Gasteiger partial charge in [-0.15, -0.1) is 0 Å². The second-order valence-corrected chi connectivity index (χ2v) is 12.8. The third-order valence-electron chi connectivity index (χ3n) is 6.36. The lowest BCUT2D eigenvalue weighted by molar-refractivity contribution is -0.140. The fourth-order valence-electron chi connectivity index (χ4n) is 4.45. The van der Waals surface area contributed by atoms with Gasteiger partial charge in [0.15, 0.2) is 11.5 Å². The van der Waals surface area contributed by atoms with Crippen LogP contribution in [0.25, 0.3) is 0 Å². The number of fused-ring (bicyclic) bond motifs is 1. The lowest BCUT2D eigenvalue weighted by Gasteiger charge is -2.35. The number of rotatable bonds is 10. The monoisotopic (exact) mass is 583 g/mol. The minimum absolute atomic E-state index is 0.00605. The number of carbonyl (C=O) groups is 2. The maximum absolute atomic E-state index is 14.1. The summed E-state index contributed by atoms with van der Waals surface area (Å²) < 4.78 is 51.3. The molecule has 0 saturated heterocycles. The van der Waals surface area contributed by atoms with E-state index < -0.39 is 45.8 Å². The van der Waals surface area contributed by atoms with E-state index in [1.165, 1.54) is 41.3 Å². The molecule has 1 heterocycles. The quantitative estimate of drug-likeness (QED) is 0.389. The molecule has 3 aromatic carbocycles. The van der Waals surface area contributed by atoms with E-state index in [-0.39, 0.29) is 25.4 Å². The van der Waals surface area contributed by atoms with Gasteiger partial charge in [-0.1, -0.05) is 42.5 Å². The number of sulfonamides is 1. The highest BCUT2D eigenvalue weighted by Gasteiger charge is 2.34. The van der Waals surface area contributed by atoms with Crippen molar-refractivity contribution in [1.29, 1.82) is 0 Å². The van der Waals surface area contributed by atoms with Crippen LogP contribution in [0.3, 0.4) is 0 Å². The van der Waals surface area contributed by atoms with Crippen molar-refractivity contribution >= 4 is 27.5 Å². The molecule has 0 radical (unpaired) electrons.